The first-order valence-electron chi connectivity index (χ1n) is 5.31. The molecule has 2 rings (SSSR count). The average Bonchev–Trinajstić information content (AvgIpc) is 2.32. The molecule has 0 atom stereocenters. The molecule has 1 heterocycles. The predicted octanol–water partition coefficient (Wildman–Crippen LogP) is 3.78. The van der Waals surface area contributed by atoms with Crippen molar-refractivity contribution in [3.05, 3.63) is 51.9 Å². The van der Waals surface area contributed by atoms with Crippen LogP contribution < -0.4 is 4.74 Å². The Kier molecular flexibility index (Phi) is 3.80. The number of rotatable bonds is 3. The summed E-state index contributed by atoms with van der Waals surface area (Å²) >= 11 is 3.13. The molecule has 2 aromatic rings. The van der Waals surface area contributed by atoms with Gasteiger partial charge >= 0.3 is 5.97 Å². The van der Waals surface area contributed by atoms with E-state index in [1.807, 2.05) is 0 Å². The van der Waals surface area contributed by atoms with Crippen molar-refractivity contribution in [3.63, 3.8) is 0 Å². The van der Waals surface area contributed by atoms with Crippen LogP contribution in [0.1, 0.15) is 15.9 Å². The lowest BCUT2D eigenvalue weighted by Gasteiger charge is -2.10. The van der Waals surface area contributed by atoms with Crippen molar-refractivity contribution < 1.29 is 19.0 Å². The van der Waals surface area contributed by atoms with E-state index >= 15 is 0 Å². The van der Waals surface area contributed by atoms with Gasteiger partial charge in [0.2, 0.25) is 5.88 Å². The standard InChI is InChI=1S/C13H9BrFNO3/c1-7-4-5-16-12(11(7)13(17)18)19-10-3-2-8(14)6-9(10)15/h2-6H,1H3,(H,17,18). The minimum Gasteiger partial charge on any atom is -0.477 e. The molecule has 0 spiro atoms. The van der Waals surface area contributed by atoms with Gasteiger partial charge in [0.25, 0.3) is 0 Å². The summed E-state index contributed by atoms with van der Waals surface area (Å²) in [6, 6.07) is 5.77. The van der Waals surface area contributed by atoms with E-state index in [-0.39, 0.29) is 17.2 Å². The Morgan fingerprint density at radius 3 is 2.79 bits per heavy atom. The zero-order valence-corrected chi connectivity index (χ0v) is 11.4. The number of carboxylic acids is 1. The normalized spacial score (nSPS) is 10.3. The van der Waals surface area contributed by atoms with E-state index in [2.05, 4.69) is 20.9 Å². The fourth-order valence-corrected chi connectivity index (χ4v) is 1.87. The monoisotopic (exact) mass is 325 g/mol. The molecule has 1 aromatic heterocycles. The van der Waals surface area contributed by atoms with Crippen LogP contribution in [0, 0.1) is 12.7 Å². The number of carbonyl (C=O) groups is 1. The van der Waals surface area contributed by atoms with Crippen molar-refractivity contribution in [1.82, 2.24) is 4.98 Å². The van der Waals surface area contributed by atoms with E-state index in [1.54, 1.807) is 19.1 Å². The van der Waals surface area contributed by atoms with Crippen LogP contribution in [0.15, 0.2) is 34.9 Å². The van der Waals surface area contributed by atoms with Crippen molar-refractivity contribution in [2.24, 2.45) is 0 Å². The Morgan fingerprint density at radius 2 is 2.16 bits per heavy atom. The second kappa shape index (κ2) is 5.36. The minimum atomic E-state index is -1.17. The summed E-state index contributed by atoms with van der Waals surface area (Å²) in [6.07, 6.45) is 1.41. The molecule has 6 heteroatoms. The first kappa shape index (κ1) is 13.5. The largest absolute Gasteiger partial charge is 0.477 e. The molecular formula is C13H9BrFNO3. The third-order valence-corrected chi connectivity index (χ3v) is 2.93. The molecule has 0 fully saturated rings. The van der Waals surface area contributed by atoms with Gasteiger partial charge in [-0.3, -0.25) is 0 Å². The van der Waals surface area contributed by atoms with Gasteiger partial charge in [0, 0.05) is 10.7 Å². The Bertz CT molecular complexity index is 646. The average molecular weight is 326 g/mol. The van der Waals surface area contributed by atoms with Crippen molar-refractivity contribution in [2.75, 3.05) is 0 Å². The molecule has 4 nitrogen and oxygen atoms in total. The molecular weight excluding hydrogens is 317 g/mol. The van der Waals surface area contributed by atoms with E-state index in [4.69, 9.17) is 9.84 Å². The second-order valence-electron chi connectivity index (χ2n) is 3.79. The summed E-state index contributed by atoms with van der Waals surface area (Å²) < 4.78 is 19.5. The third-order valence-electron chi connectivity index (χ3n) is 2.44. The molecule has 19 heavy (non-hydrogen) atoms. The highest BCUT2D eigenvalue weighted by Crippen LogP contribution is 2.28. The molecule has 0 saturated heterocycles. The lowest BCUT2D eigenvalue weighted by Crippen LogP contribution is -2.05. The van der Waals surface area contributed by atoms with Crippen LogP contribution in [0.25, 0.3) is 0 Å². The van der Waals surface area contributed by atoms with Crippen LogP contribution in [0.4, 0.5) is 4.39 Å². The van der Waals surface area contributed by atoms with Gasteiger partial charge in [0.15, 0.2) is 11.6 Å². The second-order valence-corrected chi connectivity index (χ2v) is 4.71. The predicted molar refractivity (Wildman–Crippen MR) is 70.1 cm³/mol. The molecule has 0 unspecified atom stereocenters. The SMILES string of the molecule is Cc1ccnc(Oc2ccc(Br)cc2F)c1C(=O)O. The van der Waals surface area contributed by atoms with Crippen molar-refractivity contribution >= 4 is 21.9 Å². The first-order chi connectivity index (χ1) is 8.99. The van der Waals surface area contributed by atoms with Gasteiger partial charge in [0.1, 0.15) is 5.56 Å². The lowest BCUT2D eigenvalue weighted by atomic mass is 10.1. The molecule has 0 aliphatic carbocycles. The van der Waals surface area contributed by atoms with Crippen LogP contribution >= 0.6 is 15.9 Å². The number of carboxylic acid groups (broad SMARTS) is 1. The highest BCUT2D eigenvalue weighted by molar-refractivity contribution is 9.10. The molecule has 0 saturated carbocycles. The van der Waals surface area contributed by atoms with Gasteiger partial charge in [0.05, 0.1) is 0 Å². The zero-order chi connectivity index (χ0) is 14.0. The van der Waals surface area contributed by atoms with Gasteiger partial charge in [-0.25, -0.2) is 14.2 Å². The number of aromatic nitrogens is 1. The molecule has 0 aliphatic heterocycles. The number of halogens is 2. The molecule has 0 aliphatic rings. The Morgan fingerprint density at radius 1 is 1.42 bits per heavy atom. The van der Waals surface area contributed by atoms with Crippen LogP contribution in [0.5, 0.6) is 11.6 Å². The molecule has 0 amide bonds. The van der Waals surface area contributed by atoms with Gasteiger partial charge < -0.3 is 9.84 Å². The maximum Gasteiger partial charge on any atom is 0.341 e. The van der Waals surface area contributed by atoms with E-state index in [9.17, 15) is 9.18 Å². The van der Waals surface area contributed by atoms with Crippen molar-refractivity contribution in [2.45, 2.75) is 6.92 Å². The quantitative estimate of drug-likeness (QED) is 0.932. The van der Waals surface area contributed by atoms with Gasteiger partial charge in [-0.15, -0.1) is 0 Å². The topological polar surface area (TPSA) is 59.4 Å². The molecule has 0 radical (unpaired) electrons. The summed E-state index contributed by atoms with van der Waals surface area (Å²) in [7, 11) is 0. The number of aromatic carboxylic acids is 1. The molecule has 1 N–H and O–H groups in total. The van der Waals surface area contributed by atoms with Gasteiger partial charge in [-0.2, -0.15) is 0 Å². The van der Waals surface area contributed by atoms with Gasteiger partial charge in [-0.1, -0.05) is 15.9 Å². The van der Waals surface area contributed by atoms with Gasteiger partial charge in [-0.05, 0) is 36.8 Å². The number of hydrogen-bond donors (Lipinski definition) is 1. The van der Waals surface area contributed by atoms with E-state index in [0.29, 0.717) is 10.0 Å². The summed E-state index contributed by atoms with van der Waals surface area (Å²) in [5, 5.41) is 9.12. The summed E-state index contributed by atoms with van der Waals surface area (Å²) in [4.78, 5) is 15.0. The Labute approximate surface area is 117 Å². The van der Waals surface area contributed by atoms with Crippen molar-refractivity contribution in [3.8, 4) is 11.6 Å². The smallest absolute Gasteiger partial charge is 0.341 e. The first-order valence-corrected chi connectivity index (χ1v) is 6.10. The highest BCUT2D eigenvalue weighted by atomic mass is 79.9. The summed E-state index contributed by atoms with van der Waals surface area (Å²) in [5.74, 6) is -1.98. The van der Waals surface area contributed by atoms with Crippen molar-refractivity contribution in [1.29, 1.82) is 0 Å². The highest BCUT2D eigenvalue weighted by Gasteiger charge is 2.17. The van der Waals surface area contributed by atoms with Crippen LogP contribution in [0.3, 0.4) is 0 Å². The number of nitrogens with zero attached hydrogens (tertiary/aromatic N) is 1. The van der Waals surface area contributed by atoms with E-state index < -0.39 is 11.8 Å². The molecule has 1 aromatic carbocycles. The van der Waals surface area contributed by atoms with Crippen LogP contribution in [-0.4, -0.2) is 16.1 Å². The number of aryl methyl sites for hydroxylation is 1. The number of ether oxygens (including phenoxy) is 1. The Balaban J connectivity index is 2.44. The fourth-order valence-electron chi connectivity index (χ4n) is 1.53. The minimum absolute atomic E-state index is 0.0789. The number of benzene rings is 1. The summed E-state index contributed by atoms with van der Waals surface area (Å²) in [5.41, 5.74) is 0.417. The van der Waals surface area contributed by atoms with E-state index in [1.165, 1.54) is 18.3 Å². The maximum atomic E-state index is 13.6. The van der Waals surface area contributed by atoms with Crippen LogP contribution in [-0.2, 0) is 0 Å². The van der Waals surface area contributed by atoms with Crippen LogP contribution in [0.2, 0.25) is 0 Å². The summed E-state index contributed by atoms with van der Waals surface area (Å²) in [6.45, 7) is 1.62. The number of hydrogen-bond acceptors (Lipinski definition) is 3. The maximum absolute atomic E-state index is 13.6. The lowest BCUT2D eigenvalue weighted by molar-refractivity contribution is 0.0692. The molecule has 0 bridgehead atoms. The third kappa shape index (κ3) is 2.90. The van der Waals surface area contributed by atoms with E-state index in [0.717, 1.165) is 0 Å². The number of pyridine rings is 1. The molecule has 98 valence electrons. The Hall–Kier alpha value is -1.95. The fraction of sp³-hybridized carbons (Fsp3) is 0.0769. The zero-order valence-electron chi connectivity index (χ0n) is 9.85.